The van der Waals surface area contributed by atoms with E-state index in [9.17, 15) is 4.79 Å². The summed E-state index contributed by atoms with van der Waals surface area (Å²) >= 11 is 0. The Morgan fingerprint density at radius 1 is 1.16 bits per heavy atom. The SMILES string of the molecule is CC(NC(=O)c1cc(C2CC2)nn1-c1ccccc1)c1ccccn1. The summed E-state index contributed by atoms with van der Waals surface area (Å²) in [5.41, 5.74) is 3.30. The van der Waals surface area contributed by atoms with E-state index in [0.717, 1.165) is 29.9 Å². The highest BCUT2D eigenvalue weighted by atomic mass is 16.2. The molecule has 1 unspecified atom stereocenters. The Bertz CT molecular complexity index is 869. The van der Waals surface area contributed by atoms with E-state index in [2.05, 4.69) is 15.4 Å². The van der Waals surface area contributed by atoms with Gasteiger partial charge < -0.3 is 5.32 Å². The highest BCUT2D eigenvalue weighted by molar-refractivity contribution is 5.93. The second kappa shape index (κ2) is 6.51. The molecule has 3 aromatic rings. The van der Waals surface area contributed by atoms with Crippen LogP contribution in [0.3, 0.4) is 0 Å². The third-order valence-electron chi connectivity index (χ3n) is 4.44. The van der Waals surface area contributed by atoms with Crippen LogP contribution in [0.5, 0.6) is 0 Å². The highest BCUT2D eigenvalue weighted by Crippen LogP contribution is 2.39. The van der Waals surface area contributed by atoms with Crippen molar-refractivity contribution < 1.29 is 4.79 Å². The van der Waals surface area contributed by atoms with E-state index in [4.69, 9.17) is 0 Å². The lowest BCUT2D eigenvalue weighted by Gasteiger charge is -2.14. The van der Waals surface area contributed by atoms with E-state index < -0.39 is 0 Å². The van der Waals surface area contributed by atoms with Gasteiger partial charge in [0, 0.05) is 12.1 Å². The standard InChI is InChI=1S/C20H20N4O/c1-14(17-9-5-6-12-21-17)22-20(25)19-13-18(15-10-11-15)23-24(19)16-7-3-2-4-8-16/h2-9,12-15H,10-11H2,1H3,(H,22,25). The zero-order valence-electron chi connectivity index (χ0n) is 14.1. The van der Waals surface area contributed by atoms with E-state index in [1.165, 1.54) is 0 Å². The summed E-state index contributed by atoms with van der Waals surface area (Å²) in [4.78, 5) is 17.2. The molecule has 0 saturated heterocycles. The van der Waals surface area contributed by atoms with Crippen molar-refractivity contribution in [2.45, 2.75) is 31.7 Å². The largest absolute Gasteiger partial charge is 0.343 e. The molecule has 2 heterocycles. The van der Waals surface area contributed by atoms with Gasteiger partial charge in [0.2, 0.25) is 0 Å². The van der Waals surface area contributed by atoms with Crippen LogP contribution < -0.4 is 5.32 Å². The molecule has 1 aromatic carbocycles. The van der Waals surface area contributed by atoms with Crippen molar-refractivity contribution in [3.63, 3.8) is 0 Å². The molecule has 2 aromatic heterocycles. The maximum absolute atomic E-state index is 12.9. The number of hydrogen-bond donors (Lipinski definition) is 1. The summed E-state index contributed by atoms with van der Waals surface area (Å²) in [7, 11) is 0. The van der Waals surface area contributed by atoms with Crippen LogP contribution >= 0.6 is 0 Å². The van der Waals surface area contributed by atoms with Crippen LogP contribution in [0.15, 0.2) is 60.8 Å². The van der Waals surface area contributed by atoms with E-state index >= 15 is 0 Å². The molecule has 1 N–H and O–H groups in total. The first kappa shape index (κ1) is 15.6. The molecule has 1 atom stereocenters. The predicted molar refractivity (Wildman–Crippen MR) is 95.7 cm³/mol. The van der Waals surface area contributed by atoms with Crippen molar-refractivity contribution in [2.75, 3.05) is 0 Å². The topological polar surface area (TPSA) is 59.8 Å². The van der Waals surface area contributed by atoms with Gasteiger partial charge in [-0.1, -0.05) is 24.3 Å². The number of hydrogen-bond acceptors (Lipinski definition) is 3. The fourth-order valence-corrected chi connectivity index (χ4v) is 2.88. The molecule has 5 heteroatoms. The predicted octanol–water partition coefficient (Wildman–Crippen LogP) is 3.64. The molecule has 4 rings (SSSR count). The summed E-state index contributed by atoms with van der Waals surface area (Å²) in [6.45, 7) is 1.94. The number of pyridine rings is 1. The number of nitrogens with one attached hydrogen (secondary N) is 1. The molecule has 1 amide bonds. The average Bonchev–Trinajstić information content (AvgIpc) is 3.41. The third-order valence-corrected chi connectivity index (χ3v) is 4.44. The number of benzene rings is 1. The van der Waals surface area contributed by atoms with E-state index in [1.54, 1.807) is 10.9 Å². The molecule has 0 spiro atoms. The van der Waals surface area contributed by atoms with Gasteiger partial charge in [-0.2, -0.15) is 5.10 Å². The van der Waals surface area contributed by atoms with Crippen LogP contribution in [-0.2, 0) is 0 Å². The van der Waals surface area contributed by atoms with E-state index in [1.807, 2.05) is 61.5 Å². The normalized spacial score (nSPS) is 14.9. The molecule has 1 aliphatic carbocycles. The van der Waals surface area contributed by atoms with Gasteiger partial charge in [0.1, 0.15) is 5.69 Å². The number of nitrogens with zero attached hydrogens (tertiary/aromatic N) is 3. The molecular formula is C20H20N4O. The highest BCUT2D eigenvalue weighted by Gasteiger charge is 2.29. The molecule has 5 nitrogen and oxygen atoms in total. The minimum atomic E-state index is -0.169. The van der Waals surface area contributed by atoms with Gasteiger partial charge >= 0.3 is 0 Å². The number of para-hydroxylation sites is 1. The molecule has 1 saturated carbocycles. The molecule has 0 aliphatic heterocycles. The summed E-state index contributed by atoms with van der Waals surface area (Å²) in [5, 5.41) is 7.72. The van der Waals surface area contributed by atoms with Gasteiger partial charge in [0.15, 0.2) is 0 Å². The van der Waals surface area contributed by atoms with Gasteiger partial charge in [-0.25, -0.2) is 4.68 Å². The van der Waals surface area contributed by atoms with Crippen LogP contribution in [0, 0.1) is 0 Å². The van der Waals surface area contributed by atoms with Gasteiger partial charge in [-0.15, -0.1) is 0 Å². The smallest absolute Gasteiger partial charge is 0.270 e. The van der Waals surface area contributed by atoms with Crippen molar-refractivity contribution >= 4 is 5.91 Å². The maximum atomic E-state index is 12.9. The third kappa shape index (κ3) is 3.31. The summed E-state index contributed by atoms with van der Waals surface area (Å²) in [6, 6.07) is 17.2. The van der Waals surface area contributed by atoms with Gasteiger partial charge in [-0.05, 0) is 50.1 Å². The summed E-state index contributed by atoms with van der Waals surface area (Å²) in [6.07, 6.45) is 4.03. The molecule has 1 aliphatic rings. The van der Waals surface area contributed by atoms with Crippen molar-refractivity contribution in [3.8, 4) is 5.69 Å². The first-order valence-electron chi connectivity index (χ1n) is 8.59. The zero-order valence-corrected chi connectivity index (χ0v) is 14.1. The zero-order chi connectivity index (χ0) is 17.2. The minimum Gasteiger partial charge on any atom is -0.343 e. The Hall–Kier alpha value is -2.95. The Morgan fingerprint density at radius 3 is 2.60 bits per heavy atom. The lowest BCUT2D eigenvalue weighted by Crippen LogP contribution is -2.29. The minimum absolute atomic E-state index is 0.138. The van der Waals surface area contributed by atoms with Crippen molar-refractivity contribution in [1.29, 1.82) is 0 Å². The first-order valence-corrected chi connectivity index (χ1v) is 8.59. The van der Waals surface area contributed by atoms with E-state index in [0.29, 0.717) is 11.6 Å². The summed E-state index contributed by atoms with van der Waals surface area (Å²) in [5.74, 6) is 0.353. The average molecular weight is 332 g/mol. The van der Waals surface area contributed by atoms with Gasteiger partial charge in [0.05, 0.1) is 23.1 Å². The van der Waals surface area contributed by atoms with Gasteiger partial charge in [-0.3, -0.25) is 9.78 Å². The van der Waals surface area contributed by atoms with Crippen LogP contribution in [0.2, 0.25) is 0 Å². The summed E-state index contributed by atoms with van der Waals surface area (Å²) < 4.78 is 1.74. The first-order chi connectivity index (χ1) is 12.2. The Kier molecular flexibility index (Phi) is 4.06. The van der Waals surface area contributed by atoms with Crippen LogP contribution in [-0.4, -0.2) is 20.7 Å². The lowest BCUT2D eigenvalue weighted by atomic mass is 10.2. The number of carbonyl (C=O) groups is 1. The van der Waals surface area contributed by atoms with Crippen molar-refractivity contribution in [1.82, 2.24) is 20.1 Å². The second-order valence-corrected chi connectivity index (χ2v) is 6.43. The van der Waals surface area contributed by atoms with Crippen LogP contribution in [0.25, 0.3) is 5.69 Å². The monoisotopic (exact) mass is 332 g/mol. The number of amides is 1. The lowest BCUT2D eigenvalue weighted by molar-refractivity contribution is 0.0931. The molecule has 1 fully saturated rings. The van der Waals surface area contributed by atoms with Crippen LogP contribution in [0.1, 0.15) is 53.6 Å². The number of carbonyl (C=O) groups excluding carboxylic acids is 1. The Balaban J connectivity index is 1.63. The quantitative estimate of drug-likeness (QED) is 0.776. The Morgan fingerprint density at radius 2 is 1.92 bits per heavy atom. The number of aromatic nitrogens is 3. The second-order valence-electron chi connectivity index (χ2n) is 6.43. The molecule has 0 bridgehead atoms. The Labute approximate surface area is 146 Å². The fourth-order valence-electron chi connectivity index (χ4n) is 2.88. The fraction of sp³-hybridized carbons (Fsp3) is 0.250. The van der Waals surface area contributed by atoms with E-state index in [-0.39, 0.29) is 11.9 Å². The molecule has 0 radical (unpaired) electrons. The van der Waals surface area contributed by atoms with Crippen molar-refractivity contribution in [2.24, 2.45) is 0 Å². The molecule has 25 heavy (non-hydrogen) atoms. The van der Waals surface area contributed by atoms with Crippen LogP contribution in [0.4, 0.5) is 0 Å². The maximum Gasteiger partial charge on any atom is 0.270 e. The molecule has 126 valence electrons. The van der Waals surface area contributed by atoms with Crippen molar-refractivity contribution in [3.05, 3.63) is 77.9 Å². The van der Waals surface area contributed by atoms with Gasteiger partial charge in [0.25, 0.3) is 5.91 Å². The number of rotatable bonds is 5. The molecular weight excluding hydrogens is 312 g/mol.